The number of amides is 1. The molecular formula is C20H19NO2. The maximum absolute atomic E-state index is 12.7. The summed E-state index contributed by atoms with van der Waals surface area (Å²) >= 11 is 0. The number of allylic oxidation sites excluding steroid dienone is 2. The zero-order valence-corrected chi connectivity index (χ0v) is 13.2. The molecule has 0 saturated carbocycles. The van der Waals surface area contributed by atoms with Gasteiger partial charge in [0.15, 0.2) is 5.78 Å². The second kappa shape index (κ2) is 6.61. The molecule has 3 rings (SSSR count). The van der Waals surface area contributed by atoms with Crippen molar-refractivity contribution in [2.24, 2.45) is 0 Å². The number of hydrogen-bond acceptors (Lipinski definition) is 2. The predicted octanol–water partition coefficient (Wildman–Crippen LogP) is 3.97. The predicted molar refractivity (Wildman–Crippen MR) is 89.7 cm³/mol. The summed E-state index contributed by atoms with van der Waals surface area (Å²) in [6, 6.07) is 19.1. The third kappa shape index (κ3) is 3.24. The molecule has 0 aliphatic carbocycles. The molecule has 3 heteroatoms. The first kappa shape index (κ1) is 15.2. The Kier molecular flexibility index (Phi) is 4.38. The molecule has 0 unspecified atom stereocenters. The molecule has 2 aromatic rings. The molecule has 0 saturated heterocycles. The molecule has 1 aliphatic heterocycles. The Balaban J connectivity index is 1.91. The number of carbonyl (C=O) groups is 2. The first-order valence-electron chi connectivity index (χ1n) is 7.80. The Morgan fingerprint density at radius 3 is 2.22 bits per heavy atom. The molecule has 3 nitrogen and oxygen atoms in total. The second-order valence-corrected chi connectivity index (χ2v) is 5.72. The Labute approximate surface area is 136 Å². The van der Waals surface area contributed by atoms with Crippen molar-refractivity contribution in [3.05, 3.63) is 83.1 Å². The van der Waals surface area contributed by atoms with Gasteiger partial charge >= 0.3 is 0 Å². The fourth-order valence-electron chi connectivity index (χ4n) is 2.91. The maximum atomic E-state index is 12.7. The summed E-state index contributed by atoms with van der Waals surface area (Å²) in [6.45, 7) is 2.38. The first-order chi connectivity index (χ1) is 11.2. The zero-order valence-electron chi connectivity index (χ0n) is 13.2. The van der Waals surface area contributed by atoms with Crippen LogP contribution >= 0.6 is 0 Å². The van der Waals surface area contributed by atoms with Crippen LogP contribution in [0.1, 0.15) is 35.7 Å². The van der Waals surface area contributed by atoms with Gasteiger partial charge in [-0.3, -0.25) is 9.59 Å². The van der Waals surface area contributed by atoms with E-state index in [9.17, 15) is 9.59 Å². The number of ketones is 1. The number of Topliss-reactive ketones (excluding diaryl/α,β-unsaturated/α-hetero) is 1. The topological polar surface area (TPSA) is 37.4 Å². The Morgan fingerprint density at radius 1 is 0.957 bits per heavy atom. The molecule has 2 aromatic carbocycles. The highest BCUT2D eigenvalue weighted by Gasteiger charge is 2.27. The van der Waals surface area contributed by atoms with Gasteiger partial charge in [-0.15, -0.1) is 0 Å². The van der Waals surface area contributed by atoms with Crippen LogP contribution in [-0.4, -0.2) is 16.6 Å². The highest BCUT2D eigenvalue weighted by molar-refractivity contribution is 6.10. The molecule has 0 spiro atoms. The molecule has 0 atom stereocenters. The van der Waals surface area contributed by atoms with Gasteiger partial charge < -0.3 is 4.90 Å². The van der Waals surface area contributed by atoms with E-state index in [-0.39, 0.29) is 11.7 Å². The first-order valence-corrected chi connectivity index (χ1v) is 7.80. The summed E-state index contributed by atoms with van der Waals surface area (Å²) in [4.78, 5) is 26.7. The molecule has 0 aromatic heterocycles. The standard InChI is InChI=1S/C20H19NO2/c1-15-18(20(23)17-10-6-3-7-11-17)12-13-19(22)21(15)14-16-8-4-2-5-9-16/h2-11H,12-14H2,1H3. The summed E-state index contributed by atoms with van der Waals surface area (Å²) in [7, 11) is 0. The van der Waals surface area contributed by atoms with E-state index < -0.39 is 0 Å². The average molecular weight is 305 g/mol. The molecule has 0 fully saturated rings. The van der Waals surface area contributed by atoms with Crippen LogP contribution in [0.25, 0.3) is 0 Å². The van der Waals surface area contributed by atoms with Crippen molar-refractivity contribution < 1.29 is 9.59 Å². The van der Waals surface area contributed by atoms with Crippen molar-refractivity contribution in [1.29, 1.82) is 0 Å². The molecule has 1 amide bonds. The molecule has 116 valence electrons. The number of benzene rings is 2. The van der Waals surface area contributed by atoms with Gasteiger partial charge in [0, 0.05) is 23.3 Å². The number of nitrogens with zero attached hydrogens (tertiary/aromatic N) is 1. The lowest BCUT2D eigenvalue weighted by Crippen LogP contribution is -2.34. The largest absolute Gasteiger partial charge is 0.312 e. The van der Waals surface area contributed by atoms with E-state index in [0.717, 1.165) is 16.8 Å². The Bertz CT molecular complexity index is 748. The lowest BCUT2D eigenvalue weighted by Gasteiger charge is -2.30. The second-order valence-electron chi connectivity index (χ2n) is 5.72. The smallest absolute Gasteiger partial charge is 0.227 e. The van der Waals surface area contributed by atoms with Gasteiger partial charge in [-0.05, 0) is 18.9 Å². The quantitative estimate of drug-likeness (QED) is 0.802. The van der Waals surface area contributed by atoms with Gasteiger partial charge in [-0.25, -0.2) is 0 Å². The summed E-state index contributed by atoms with van der Waals surface area (Å²) in [6.07, 6.45) is 0.905. The van der Waals surface area contributed by atoms with Crippen LogP contribution in [0.15, 0.2) is 71.9 Å². The minimum Gasteiger partial charge on any atom is -0.312 e. The van der Waals surface area contributed by atoms with Crippen LogP contribution in [0.2, 0.25) is 0 Å². The van der Waals surface area contributed by atoms with Gasteiger partial charge in [0.05, 0.1) is 6.54 Å². The SMILES string of the molecule is CC1=C(C(=O)c2ccccc2)CCC(=O)N1Cc1ccccc1. The van der Waals surface area contributed by atoms with E-state index in [4.69, 9.17) is 0 Å². The summed E-state index contributed by atoms with van der Waals surface area (Å²) in [5.41, 5.74) is 3.26. The highest BCUT2D eigenvalue weighted by atomic mass is 16.2. The summed E-state index contributed by atoms with van der Waals surface area (Å²) in [5.74, 6) is 0.102. The third-order valence-corrected chi connectivity index (χ3v) is 4.23. The van der Waals surface area contributed by atoms with Crippen molar-refractivity contribution in [2.45, 2.75) is 26.3 Å². The summed E-state index contributed by atoms with van der Waals surface area (Å²) in [5, 5.41) is 0. The Morgan fingerprint density at radius 2 is 1.57 bits per heavy atom. The summed E-state index contributed by atoms with van der Waals surface area (Å²) < 4.78 is 0. The van der Waals surface area contributed by atoms with Gasteiger partial charge in [0.2, 0.25) is 5.91 Å². The molecule has 1 aliphatic rings. The van der Waals surface area contributed by atoms with Gasteiger partial charge in [0.25, 0.3) is 0 Å². The molecular weight excluding hydrogens is 286 g/mol. The number of rotatable bonds is 4. The Hall–Kier alpha value is -2.68. The fourth-order valence-corrected chi connectivity index (χ4v) is 2.91. The lowest BCUT2D eigenvalue weighted by molar-refractivity contribution is -0.130. The van der Waals surface area contributed by atoms with Crippen LogP contribution < -0.4 is 0 Å². The van der Waals surface area contributed by atoms with Gasteiger partial charge in [0.1, 0.15) is 0 Å². The number of hydrogen-bond donors (Lipinski definition) is 0. The van der Waals surface area contributed by atoms with Crippen LogP contribution in [0.5, 0.6) is 0 Å². The van der Waals surface area contributed by atoms with Crippen molar-refractivity contribution in [2.75, 3.05) is 0 Å². The van der Waals surface area contributed by atoms with Crippen molar-refractivity contribution in [3.8, 4) is 0 Å². The van der Waals surface area contributed by atoms with E-state index in [0.29, 0.717) is 24.9 Å². The van der Waals surface area contributed by atoms with Gasteiger partial charge in [-0.1, -0.05) is 60.7 Å². The molecule has 1 heterocycles. The monoisotopic (exact) mass is 305 g/mol. The van der Waals surface area contributed by atoms with Crippen LogP contribution in [0.4, 0.5) is 0 Å². The van der Waals surface area contributed by atoms with E-state index in [2.05, 4.69) is 0 Å². The normalized spacial score (nSPS) is 15.0. The van der Waals surface area contributed by atoms with Gasteiger partial charge in [-0.2, -0.15) is 0 Å². The minimum atomic E-state index is 0.0219. The van der Waals surface area contributed by atoms with Crippen molar-refractivity contribution >= 4 is 11.7 Å². The van der Waals surface area contributed by atoms with Crippen molar-refractivity contribution in [3.63, 3.8) is 0 Å². The fraction of sp³-hybridized carbons (Fsp3) is 0.200. The highest BCUT2D eigenvalue weighted by Crippen LogP contribution is 2.27. The van der Waals surface area contributed by atoms with E-state index >= 15 is 0 Å². The molecule has 0 bridgehead atoms. The van der Waals surface area contributed by atoms with E-state index in [1.807, 2.05) is 67.6 Å². The number of carbonyl (C=O) groups excluding carboxylic acids is 2. The van der Waals surface area contributed by atoms with E-state index in [1.165, 1.54) is 0 Å². The molecule has 0 N–H and O–H groups in total. The van der Waals surface area contributed by atoms with Crippen molar-refractivity contribution in [1.82, 2.24) is 4.90 Å². The van der Waals surface area contributed by atoms with Crippen LogP contribution in [0.3, 0.4) is 0 Å². The maximum Gasteiger partial charge on any atom is 0.227 e. The molecule has 0 radical (unpaired) electrons. The zero-order chi connectivity index (χ0) is 16.2. The average Bonchev–Trinajstić information content (AvgIpc) is 2.60. The lowest BCUT2D eigenvalue weighted by atomic mass is 9.94. The van der Waals surface area contributed by atoms with Crippen LogP contribution in [0, 0.1) is 0 Å². The minimum absolute atomic E-state index is 0.0219. The third-order valence-electron chi connectivity index (χ3n) is 4.23. The van der Waals surface area contributed by atoms with E-state index in [1.54, 1.807) is 4.90 Å². The molecule has 23 heavy (non-hydrogen) atoms. The van der Waals surface area contributed by atoms with Crippen LogP contribution in [-0.2, 0) is 11.3 Å².